The zero-order valence-electron chi connectivity index (χ0n) is 25.4. The molecule has 0 aliphatic carbocycles. The van der Waals surface area contributed by atoms with Crippen molar-refractivity contribution >= 4 is 11.9 Å². The van der Waals surface area contributed by atoms with Gasteiger partial charge in [-0.2, -0.15) is 48.3 Å². The predicted octanol–water partition coefficient (Wildman–Crippen LogP) is 9.49. The summed E-state index contributed by atoms with van der Waals surface area (Å²) in [6, 6.07) is 8.06. The smallest absolute Gasteiger partial charge is 0.475 e. The minimum absolute atomic E-state index is 0.102. The third-order valence-electron chi connectivity index (χ3n) is 7.73. The van der Waals surface area contributed by atoms with Crippen LogP contribution in [0.25, 0.3) is 0 Å². The van der Waals surface area contributed by atoms with E-state index in [4.69, 9.17) is 14.6 Å². The molecule has 264 valence electrons. The molecule has 0 radical (unpaired) electrons. The number of alkyl halides is 11. The molecule has 3 rings (SSSR count). The van der Waals surface area contributed by atoms with Crippen molar-refractivity contribution in [2.24, 2.45) is 11.8 Å². The Balaban J connectivity index is 0.000000984. The number of halogens is 11. The van der Waals surface area contributed by atoms with Crippen LogP contribution in [0.1, 0.15) is 80.3 Å². The highest BCUT2D eigenvalue weighted by Crippen LogP contribution is 2.46. The van der Waals surface area contributed by atoms with Crippen molar-refractivity contribution in [3.05, 3.63) is 70.8 Å². The summed E-state index contributed by atoms with van der Waals surface area (Å²) < 4.78 is 143. The topological polar surface area (TPSA) is 66.8 Å². The number of ether oxygens (including phenoxy) is 1. The van der Waals surface area contributed by atoms with E-state index in [9.17, 15) is 53.1 Å². The number of hydrogen-bond donors (Lipinski definition) is 1. The largest absolute Gasteiger partial charge is 0.490 e. The van der Waals surface area contributed by atoms with Gasteiger partial charge in [-0.05, 0) is 67.3 Å². The number of rotatable bonds is 9. The Morgan fingerprint density at radius 2 is 1.36 bits per heavy atom. The number of carbonyl (C=O) groups excluding carboxylic acids is 1. The minimum Gasteiger partial charge on any atom is -0.475 e. The summed E-state index contributed by atoms with van der Waals surface area (Å²) in [4.78, 5) is 22.9. The first-order valence-electron chi connectivity index (χ1n) is 14.3. The van der Waals surface area contributed by atoms with E-state index in [1.807, 2.05) is 13.8 Å². The fraction of sp³-hybridized carbons (Fsp3) is 0.548. The molecule has 0 bridgehead atoms. The third kappa shape index (κ3) is 11.1. The summed E-state index contributed by atoms with van der Waals surface area (Å²) in [6.45, 7) is 4.44. The van der Waals surface area contributed by atoms with Crippen LogP contribution < -0.4 is 0 Å². The Morgan fingerprint density at radius 1 is 0.851 bits per heavy atom. The number of aliphatic carboxylic acids is 1. The molecule has 2 aromatic carbocycles. The number of nitrogens with zero attached hydrogens (tertiary/aromatic N) is 1. The van der Waals surface area contributed by atoms with E-state index in [-0.39, 0.29) is 18.3 Å². The standard InChI is InChI=1S/C29H33F8NO2.C2HF3O2/c1-18(2)4-13-24(20-5-9-22(10-6-20)27(30,31)29(35,36)37)38-15-14-19(17-26(39)40-3)16-25(38)21-7-11-23(12-8-21)28(32,33)34;3-2(4,5)1(6)7/h5-12,18-19,24-25H,4,13-17H2,1-3H3;(H,6,7)/t19-,24-,25+;/m1./s1. The maximum Gasteiger partial charge on any atom is 0.490 e. The molecule has 1 aliphatic heterocycles. The van der Waals surface area contributed by atoms with Gasteiger partial charge in [0.1, 0.15) is 0 Å². The lowest BCUT2D eigenvalue weighted by molar-refractivity contribution is -0.289. The third-order valence-corrected chi connectivity index (χ3v) is 7.73. The molecular formula is C31H34F11NO4. The van der Waals surface area contributed by atoms with Gasteiger partial charge < -0.3 is 9.84 Å². The maximum atomic E-state index is 13.9. The summed E-state index contributed by atoms with van der Waals surface area (Å²) in [5.41, 5.74) is -0.840. The molecule has 5 nitrogen and oxygen atoms in total. The monoisotopic (exact) mass is 693 g/mol. The summed E-state index contributed by atoms with van der Waals surface area (Å²) in [7, 11) is 1.28. The Hall–Kier alpha value is -3.43. The van der Waals surface area contributed by atoms with Gasteiger partial charge in [0.2, 0.25) is 0 Å². The molecule has 47 heavy (non-hydrogen) atoms. The van der Waals surface area contributed by atoms with Crippen molar-refractivity contribution in [1.29, 1.82) is 0 Å². The molecular weight excluding hydrogens is 659 g/mol. The molecule has 3 atom stereocenters. The van der Waals surface area contributed by atoms with Crippen LogP contribution in [0.4, 0.5) is 48.3 Å². The highest BCUT2D eigenvalue weighted by molar-refractivity contribution is 5.73. The molecule has 0 amide bonds. The van der Waals surface area contributed by atoms with Gasteiger partial charge in [-0.15, -0.1) is 0 Å². The molecule has 0 spiro atoms. The van der Waals surface area contributed by atoms with E-state index >= 15 is 0 Å². The molecule has 1 N–H and O–H groups in total. The zero-order valence-corrected chi connectivity index (χ0v) is 25.4. The number of piperidine rings is 1. The van der Waals surface area contributed by atoms with Crippen LogP contribution in [-0.2, 0) is 26.4 Å². The summed E-state index contributed by atoms with van der Waals surface area (Å²) in [6.07, 6.45) is -12.9. The van der Waals surface area contributed by atoms with Gasteiger partial charge in [0, 0.05) is 24.1 Å². The first-order valence-corrected chi connectivity index (χ1v) is 14.3. The molecule has 0 unspecified atom stereocenters. The van der Waals surface area contributed by atoms with E-state index < -0.39 is 59.6 Å². The molecule has 16 heteroatoms. The Bertz CT molecular complexity index is 1310. The van der Waals surface area contributed by atoms with Crippen LogP contribution in [0.15, 0.2) is 48.5 Å². The Kier molecular flexibility index (Phi) is 13.2. The molecule has 1 fully saturated rings. The van der Waals surface area contributed by atoms with E-state index in [1.165, 1.54) is 31.4 Å². The first-order chi connectivity index (χ1) is 21.5. The normalized spacial score (nSPS) is 18.7. The van der Waals surface area contributed by atoms with Crippen molar-refractivity contribution in [2.45, 2.75) is 82.5 Å². The number of carboxylic acids is 1. The van der Waals surface area contributed by atoms with Crippen LogP contribution in [-0.4, -0.2) is 48.0 Å². The number of benzene rings is 2. The molecule has 1 heterocycles. The highest BCUT2D eigenvalue weighted by Gasteiger charge is 2.58. The average molecular weight is 694 g/mol. The van der Waals surface area contributed by atoms with Crippen molar-refractivity contribution in [2.75, 3.05) is 13.7 Å². The van der Waals surface area contributed by atoms with E-state index in [2.05, 4.69) is 4.90 Å². The average Bonchev–Trinajstić information content (AvgIpc) is 2.96. The molecule has 0 aromatic heterocycles. The van der Waals surface area contributed by atoms with Crippen molar-refractivity contribution in [1.82, 2.24) is 4.90 Å². The van der Waals surface area contributed by atoms with Crippen LogP contribution in [0.2, 0.25) is 0 Å². The first kappa shape index (κ1) is 39.7. The van der Waals surface area contributed by atoms with Crippen molar-refractivity contribution in [3.63, 3.8) is 0 Å². The highest BCUT2D eigenvalue weighted by atomic mass is 19.4. The quantitative estimate of drug-likeness (QED) is 0.210. The Morgan fingerprint density at radius 3 is 1.79 bits per heavy atom. The van der Waals surface area contributed by atoms with Crippen molar-refractivity contribution < 1.29 is 67.7 Å². The minimum atomic E-state index is -5.74. The van der Waals surface area contributed by atoms with E-state index in [0.717, 1.165) is 24.3 Å². The molecule has 2 aromatic rings. The van der Waals surface area contributed by atoms with Crippen LogP contribution >= 0.6 is 0 Å². The van der Waals surface area contributed by atoms with Gasteiger partial charge in [0.05, 0.1) is 12.7 Å². The Labute approximate surface area is 263 Å². The molecule has 1 saturated heterocycles. The fourth-order valence-corrected chi connectivity index (χ4v) is 5.25. The summed E-state index contributed by atoms with van der Waals surface area (Å²) in [5.74, 6) is -8.00. The van der Waals surface area contributed by atoms with Gasteiger partial charge in [0.15, 0.2) is 0 Å². The number of carbonyl (C=O) groups is 2. The number of esters is 1. The van der Waals surface area contributed by atoms with Crippen LogP contribution in [0.3, 0.4) is 0 Å². The van der Waals surface area contributed by atoms with E-state index in [0.29, 0.717) is 43.4 Å². The van der Waals surface area contributed by atoms with Gasteiger partial charge in [-0.25, -0.2) is 4.79 Å². The van der Waals surface area contributed by atoms with Gasteiger partial charge in [0.25, 0.3) is 0 Å². The summed E-state index contributed by atoms with van der Waals surface area (Å²) in [5, 5.41) is 7.12. The lowest BCUT2D eigenvalue weighted by Gasteiger charge is -2.44. The second-order valence-electron chi connectivity index (χ2n) is 11.5. The van der Waals surface area contributed by atoms with Gasteiger partial charge in [-0.3, -0.25) is 9.69 Å². The maximum absolute atomic E-state index is 13.9. The van der Waals surface area contributed by atoms with Gasteiger partial charge in [-0.1, -0.05) is 50.2 Å². The number of carboxylic acid groups (broad SMARTS) is 1. The van der Waals surface area contributed by atoms with Crippen LogP contribution in [0.5, 0.6) is 0 Å². The lowest BCUT2D eigenvalue weighted by atomic mass is 9.82. The number of hydrogen-bond acceptors (Lipinski definition) is 4. The van der Waals surface area contributed by atoms with Gasteiger partial charge >= 0.3 is 36.4 Å². The number of likely N-dealkylation sites (tertiary alicyclic amines) is 1. The summed E-state index contributed by atoms with van der Waals surface area (Å²) >= 11 is 0. The number of methoxy groups -OCH3 is 1. The second kappa shape index (κ2) is 15.6. The van der Waals surface area contributed by atoms with E-state index in [1.54, 1.807) is 0 Å². The fourth-order valence-electron chi connectivity index (χ4n) is 5.25. The second-order valence-corrected chi connectivity index (χ2v) is 11.5. The SMILES string of the molecule is COC(=O)C[C@@H]1CCN([C@H](CCC(C)C)c2ccc(C(F)(F)C(F)(F)F)cc2)[C@H](c2ccc(C(F)(F)F)cc2)C1.O=C(O)C(F)(F)F. The van der Waals surface area contributed by atoms with Crippen molar-refractivity contribution in [3.8, 4) is 0 Å². The predicted molar refractivity (Wildman–Crippen MR) is 147 cm³/mol. The molecule has 1 aliphatic rings. The lowest BCUT2D eigenvalue weighted by Crippen LogP contribution is -2.40. The van der Waals surface area contributed by atoms with Crippen LogP contribution in [0, 0.1) is 11.8 Å². The zero-order chi connectivity index (χ0) is 36.0. The molecule has 0 saturated carbocycles.